The first-order chi connectivity index (χ1) is 39.5. The predicted octanol–water partition coefficient (Wildman–Crippen LogP) is -4.22. The Bertz CT molecular complexity index is 2490. The van der Waals surface area contributed by atoms with Crippen LogP contribution in [-0.2, 0) is 68.7 Å². The van der Waals surface area contributed by atoms with Crippen LogP contribution in [0.25, 0.3) is 0 Å². The first-order valence-corrected chi connectivity index (χ1v) is 27.7. The number of hydrogen-bond donors (Lipinski definition) is 17. The van der Waals surface area contributed by atoms with Crippen LogP contribution in [0.3, 0.4) is 0 Å². The minimum atomic E-state index is -1.89. The molecule has 12 atom stereocenters. The van der Waals surface area contributed by atoms with Gasteiger partial charge in [-0.25, -0.2) is 4.79 Å². The van der Waals surface area contributed by atoms with E-state index in [2.05, 4.69) is 47.9 Å². The van der Waals surface area contributed by atoms with E-state index in [0.717, 1.165) is 11.8 Å². The van der Waals surface area contributed by atoms with Gasteiger partial charge < -0.3 is 94.2 Å². The number of amides is 9. The molecule has 31 nitrogen and oxygen atoms in total. The van der Waals surface area contributed by atoms with Gasteiger partial charge in [0.2, 0.25) is 53.2 Å². The van der Waals surface area contributed by atoms with E-state index in [4.69, 9.17) is 5.73 Å². The van der Waals surface area contributed by atoms with Crippen LogP contribution in [0.2, 0.25) is 0 Å². The topological polar surface area (TPSA) is 501 Å². The molecular weight excluding hydrogens is 1110 g/mol. The number of nitrogens with one attached hydrogen (secondary N) is 9. The summed E-state index contributed by atoms with van der Waals surface area (Å²) in [5.74, 6) is -15.5. The van der Waals surface area contributed by atoms with E-state index in [1.807, 2.05) is 0 Å². The number of carboxylic acid groups (broad SMARTS) is 4. The maximum atomic E-state index is 14.4. The molecule has 1 aromatic carbocycles. The molecule has 0 radical (unpaired) electrons. The number of nitrogens with zero attached hydrogens (tertiary/aromatic N) is 1. The molecule has 2 fully saturated rings. The second kappa shape index (κ2) is 34.5. The van der Waals surface area contributed by atoms with Crippen molar-refractivity contribution in [3.63, 3.8) is 0 Å². The monoisotopic (exact) mass is 1190 g/mol. The van der Waals surface area contributed by atoms with Crippen molar-refractivity contribution < 1.29 is 98.1 Å². The first-order valence-electron chi connectivity index (χ1n) is 27.7. The fourth-order valence-electron chi connectivity index (χ4n) is 9.32. The Balaban J connectivity index is 1.90. The van der Waals surface area contributed by atoms with Crippen LogP contribution in [-0.4, -0.2) is 210 Å². The maximum absolute atomic E-state index is 14.4. The lowest BCUT2D eigenvalue weighted by Crippen LogP contribution is -2.62. The quantitative estimate of drug-likeness (QED) is 0.0283. The van der Waals surface area contributed by atoms with Crippen molar-refractivity contribution in [2.75, 3.05) is 19.6 Å². The van der Waals surface area contributed by atoms with E-state index in [0.29, 0.717) is 31.4 Å². The van der Waals surface area contributed by atoms with Gasteiger partial charge in [-0.15, -0.1) is 0 Å². The highest BCUT2D eigenvalue weighted by atomic mass is 16.4. The van der Waals surface area contributed by atoms with E-state index in [-0.39, 0.29) is 63.3 Å². The van der Waals surface area contributed by atoms with Gasteiger partial charge in [0, 0.05) is 25.8 Å². The summed E-state index contributed by atoms with van der Waals surface area (Å²) in [6.07, 6.45) is -5.44. The Kier molecular flexibility index (Phi) is 28.9. The van der Waals surface area contributed by atoms with Crippen LogP contribution in [0.1, 0.15) is 117 Å². The number of aliphatic carboxylic acids is 4. The number of phenolic OH excluding ortho intramolecular Hbond substituents is 1. The fourth-order valence-corrected chi connectivity index (χ4v) is 9.32. The number of likely N-dealkylation sites (tertiary alicyclic amines) is 1. The Morgan fingerprint density at radius 3 is 1.62 bits per heavy atom. The maximum Gasteiger partial charge on any atom is 0.326 e. The highest BCUT2D eigenvalue weighted by molar-refractivity contribution is 5.99. The van der Waals surface area contributed by atoms with Crippen LogP contribution >= 0.6 is 0 Å². The zero-order valence-electron chi connectivity index (χ0n) is 47.3. The standard InChI is InChI=1S/C53H81N11O20/c1-26(2)23-35(47(77)60-36(24-29-12-14-30(67)15-13-29)48(78)56-32(9-5-6-20-54)45(75)61-37(53(83)84)25-41(72)73)59-46(76)33(16-18-39(68)69)57-49(79)38-11-8-22-64(38)52(82)34(17-19-40(70)71)58-50(80)42(27(3)65)63-51(81)43(28(4)66)62-44(74)31-10-7-21-55-31/h12-15,26-28,31-38,42-43,55,65-67H,5-11,16-25,54H2,1-4H3,(H,56,78)(H,57,79)(H,58,80)(H,59,76)(H,60,77)(H,61,75)(H,62,74)(H,63,81)(H,68,69)(H,70,71)(H,72,73)(H,83,84)/t27-,28-,31+,32+,33+,34+,35+,36+,37+,38+,42+,43+/m1/s1. The van der Waals surface area contributed by atoms with Crippen molar-refractivity contribution >= 4 is 77.0 Å². The molecule has 0 aromatic heterocycles. The van der Waals surface area contributed by atoms with Crippen LogP contribution in [0, 0.1) is 5.92 Å². The van der Waals surface area contributed by atoms with Gasteiger partial charge in [-0.3, -0.25) is 57.5 Å². The van der Waals surface area contributed by atoms with Crippen LogP contribution in [0.5, 0.6) is 5.75 Å². The number of aliphatic hydroxyl groups is 2. The smallest absolute Gasteiger partial charge is 0.326 e. The van der Waals surface area contributed by atoms with Crippen molar-refractivity contribution in [3.8, 4) is 5.75 Å². The molecule has 0 bridgehead atoms. The largest absolute Gasteiger partial charge is 0.508 e. The number of rotatable bonds is 36. The lowest BCUT2D eigenvalue weighted by atomic mass is 9.99. The summed E-state index contributed by atoms with van der Waals surface area (Å²) in [4.78, 5) is 173. The summed E-state index contributed by atoms with van der Waals surface area (Å²) in [6, 6.07) is -9.96. The van der Waals surface area contributed by atoms with Crippen LogP contribution in [0.4, 0.5) is 0 Å². The van der Waals surface area contributed by atoms with E-state index >= 15 is 0 Å². The van der Waals surface area contributed by atoms with Crippen molar-refractivity contribution in [1.82, 2.24) is 52.8 Å². The molecule has 2 aliphatic heterocycles. The lowest BCUT2D eigenvalue weighted by molar-refractivity contribution is -0.147. The number of phenols is 1. The number of benzene rings is 1. The van der Waals surface area contributed by atoms with Gasteiger partial charge in [-0.2, -0.15) is 0 Å². The third-order valence-electron chi connectivity index (χ3n) is 13.8. The summed E-state index contributed by atoms with van der Waals surface area (Å²) in [6.45, 7) is 6.25. The van der Waals surface area contributed by atoms with Crippen molar-refractivity contribution in [2.24, 2.45) is 11.7 Å². The second-order valence-corrected chi connectivity index (χ2v) is 21.2. The number of carbonyl (C=O) groups is 13. The van der Waals surface area contributed by atoms with Gasteiger partial charge in [0.25, 0.3) is 0 Å². The summed E-state index contributed by atoms with van der Waals surface area (Å²) in [5.41, 5.74) is 6.01. The Hall–Kier alpha value is -8.03. The molecule has 0 saturated carbocycles. The highest BCUT2D eigenvalue weighted by Crippen LogP contribution is 2.21. The molecular formula is C53H81N11O20. The highest BCUT2D eigenvalue weighted by Gasteiger charge is 2.42. The van der Waals surface area contributed by atoms with Gasteiger partial charge in [0.15, 0.2) is 0 Å². The average molecular weight is 1190 g/mol. The van der Waals surface area contributed by atoms with E-state index in [1.54, 1.807) is 13.8 Å². The van der Waals surface area contributed by atoms with Crippen LogP contribution in [0.15, 0.2) is 24.3 Å². The van der Waals surface area contributed by atoms with E-state index in [1.165, 1.54) is 31.2 Å². The first kappa shape index (κ1) is 70.2. The molecule has 2 heterocycles. The molecule has 0 unspecified atom stereocenters. The van der Waals surface area contributed by atoms with Crippen molar-refractivity contribution in [2.45, 2.75) is 190 Å². The van der Waals surface area contributed by atoms with Gasteiger partial charge in [-0.1, -0.05) is 26.0 Å². The number of unbranched alkanes of at least 4 members (excludes halogenated alkanes) is 1. The number of nitrogens with two attached hydrogens (primary N) is 1. The zero-order chi connectivity index (χ0) is 63.0. The Labute approximate surface area is 483 Å². The molecule has 31 heteroatoms. The second-order valence-electron chi connectivity index (χ2n) is 21.2. The van der Waals surface area contributed by atoms with Crippen LogP contribution < -0.4 is 53.6 Å². The van der Waals surface area contributed by atoms with Crippen molar-refractivity contribution in [1.29, 1.82) is 0 Å². The average Bonchev–Trinajstić information content (AvgIpc) is 3.53. The number of carbonyl (C=O) groups excluding carboxylic acids is 9. The number of carboxylic acids is 4. The molecule has 3 rings (SSSR count). The SMILES string of the molecule is CC(C)C[C@H](NC(=O)[C@H](CCC(=O)O)NC(=O)[C@@H]1CCCN1C(=O)[C@H](CCC(=O)O)NC(=O)[C@@H](NC(=O)[C@@H](NC(=O)[C@@H]1CCCN1)[C@@H](C)O)[C@@H](C)O)C(=O)N[C@@H](Cc1ccc(O)cc1)C(=O)N[C@@H](CCCCN)C(=O)N[C@@H](CC(=O)O)C(=O)O. The Morgan fingerprint density at radius 2 is 1.08 bits per heavy atom. The fraction of sp³-hybridized carbons (Fsp3) is 0.642. The summed E-state index contributed by atoms with van der Waals surface area (Å²) in [7, 11) is 0. The summed E-state index contributed by atoms with van der Waals surface area (Å²) in [5, 5.41) is 91.2. The summed E-state index contributed by atoms with van der Waals surface area (Å²) >= 11 is 0. The third kappa shape index (κ3) is 23.3. The Morgan fingerprint density at radius 1 is 0.571 bits per heavy atom. The lowest BCUT2D eigenvalue weighted by Gasteiger charge is -2.31. The van der Waals surface area contributed by atoms with E-state index in [9.17, 15) is 98.1 Å². The minimum Gasteiger partial charge on any atom is -0.508 e. The van der Waals surface area contributed by atoms with Gasteiger partial charge in [0.1, 0.15) is 60.1 Å². The normalized spacial score (nSPS) is 18.4. The molecule has 2 aliphatic rings. The molecule has 18 N–H and O–H groups in total. The van der Waals surface area contributed by atoms with Gasteiger partial charge >= 0.3 is 23.9 Å². The van der Waals surface area contributed by atoms with Crippen molar-refractivity contribution in [3.05, 3.63) is 29.8 Å². The number of aliphatic hydroxyl groups excluding tert-OH is 2. The zero-order valence-corrected chi connectivity index (χ0v) is 47.3. The van der Waals surface area contributed by atoms with Gasteiger partial charge in [0.05, 0.1) is 24.7 Å². The third-order valence-corrected chi connectivity index (χ3v) is 13.8. The van der Waals surface area contributed by atoms with Gasteiger partial charge in [-0.05, 0) is 115 Å². The molecule has 84 heavy (non-hydrogen) atoms. The number of aromatic hydroxyl groups is 1. The molecule has 0 spiro atoms. The summed E-state index contributed by atoms with van der Waals surface area (Å²) < 4.78 is 0. The minimum absolute atomic E-state index is 0.0551. The molecule has 2 saturated heterocycles. The molecule has 9 amide bonds. The number of hydrogen-bond acceptors (Lipinski definition) is 18. The molecule has 0 aliphatic carbocycles. The predicted molar refractivity (Wildman–Crippen MR) is 292 cm³/mol. The molecule has 1 aromatic rings. The van der Waals surface area contributed by atoms with E-state index < -0.39 is 182 Å². The molecule has 468 valence electrons.